The van der Waals surface area contributed by atoms with Crippen molar-refractivity contribution in [2.75, 3.05) is 5.32 Å². The van der Waals surface area contributed by atoms with E-state index in [9.17, 15) is 18.0 Å². The van der Waals surface area contributed by atoms with Crippen LogP contribution in [0.25, 0.3) is 0 Å². The van der Waals surface area contributed by atoms with Gasteiger partial charge in [0.25, 0.3) is 5.91 Å². The van der Waals surface area contributed by atoms with Crippen LogP contribution in [-0.2, 0) is 6.18 Å². The number of carbonyl (C=O) groups is 1. The highest BCUT2D eigenvalue weighted by molar-refractivity contribution is 6.31. The summed E-state index contributed by atoms with van der Waals surface area (Å²) in [5.74, 6) is -0.312. The lowest BCUT2D eigenvalue weighted by atomic mass is 10.2. The third kappa shape index (κ3) is 4.61. The van der Waals surface area contributed by atoms with Gasteiger partial charge in [-0.2, -0.15) is 13.2 Å². The average Bonchev–Trinajstić information content (AvgIpc) is 2.48. The molecule has 1 aromatic heterocycles. The molecule has 24 heavy (non-hydrogen) atoms. The Morgan fingerprint density at radius 2 is 1.88 bits per heavy atom. The summed E-state index contributed by atoms with van der Waals surface area (Å²) in [5, 5.41) is 5.13. The first-order valence-electron chi connectivity index (χ1n) is 7.06. The second-order valence-electron chi connectivity index (χ2n) is 5.41. The van der Waals surface area contributed by atoms with Gasteiger partial charge in [-0.15, -0.1) is 0 Å². The van der Waals surface area contributed by atoms with Crippen LogP contribution < -0.4 is 10.6 Å². The molecule has 4 nitrogen and oxygen atoms in total. The van der Waals surface area contributed by atoms with Gasteiger partial charge >= 0.3 is 6.18 Å². The molecule has 0 saturated carbocycles. The SMILES string of the molecule is CC(C)NC(=O)c1cncc(Nc2ccc(Cl)c(C(F)(F)F)c2)c1. The molecule has 0 unspecified atom stereocenters. The third-order valence-corrected chi connectivity index (χ3v) is 3.31. The number of hydrogen-bond donors (Lipinski definition) is 2. The summed E-state index contributed by atoms with van der Waals surface area (Å²) in [4.78, 5) is 15.9. The predicted molar refractivity (Wildman–Crippen MR) is 86.6 cm³/mol. The molecule has 0 radical (unpaired) electrons. The normalized spacial score (nSPS) is 11.5. The number of amides is 1. The van der Waals surface area contributed by atoms with Crippen LogP contribution in [0.4, 0.5) is 24.5 Å². The van der Waals surface area contributed by atoms with E-state index >= 15 is 0 Å². The molecular formula is C16H15ClF3N3O. The average molecular weight is 358 g/mol. The number of carbonyl (C=O) groups excluding carboxylic acids is 1. The van der Waals surface area contributed by atoms with E-state index in [0.29, 0.717) is 11.3 Å². The van der Waals surface area contributed by atoms with Crippen molar-refractivity contribution in [3.8, 4) is 0 Å². The van der Waals surface area contributed by atoms with Crippen LogP contribution in [0.3, 0.4) is 0 Å². The molecule has 2 aromatic rings. The Morgan fingerprint density at radius 3 is 2.50 bits per heavy atom. The van der Waals surface area contributed by atoms with Crippen molar-refractivity contribution < 1.29 is 18.0 Å². The molecule has 0 spiro atoms. The lowest BCUT2D eigenvalue weighted by Gasteiger charge is -2.13. The zero-order valence-corrected chi connectivity index (χ0v) is 13.7. The summed E-state index contributed by atoms with van der Waals surface area (Å²) in [6.07, 6.45) is -1.76. The van der Waals surface area contributed by atoms with E-state index in [1.807, 2.05) is 13.8 Å². The maximum atomic E-state index is 12.9. The molecule has 0 bridgehead atoms. The molecule has 2 N–H and O–H groups in total. The summed E-state index contributed by atoms with van der Waals surface area (Å²) in [6.45, 7) is 3.64. The van der Waals surface area contributed by atoms with Crippen molar-refractivity contribution in [2.24, 2.45) is 0 Å². The van der Waals surface area contributed by atoms with Gasteiger partial charge in [-0.1, -0.05) is 11.6 Å². The Bertz CT molecular complexity index is 748. The maximum Gasteiger partial charge on any atom is 0.417 e. The number of nitrogens with zero attached hydrogens (tertiary/aromatic N) is 1. The van der Waals surface area contributed by atoms with E-state index in [-0.39, 0.29) is 22.7 Å². The quantitative estimate of drug-likeness (QED) is 0.838. The fourth-order valence-corrected chi connectivity index (χ4v) is 2.19. The Labute approximate surface area is 142 Å². The minimum atomic E-state index is -4.55. The molecule has 8 heteroatoms. The van der Waals surface area contributed by atoms with Gasteiger partial charge < -0.3 is 10.6 Å². The van der Waals surface area contributed by atoms with E-state index in [1.54, 1.807) is 0 Å². The van der Waals surface area contributed by atoms with E-state index in [0.717, 1.165) is 12.1 Å². The molecule has 128 valence electrons. The smallest absolute Gasteiger partial charge is 0.354 e. The van der Waals surface area contributed by atoms with E-state index in [1.165, 1.54) is 24.5 Å². The van der Waals surface area contributed by atoms with Crippen molar-refractivity contribution in [2.45, 2.75) is 26.1 Å². The minimum absolute atomic E-state index is 0.0419. The fraction of sp³-hybridized carbons (Fsp3) is 0.250. The Kier molecular flexibility index (Phi) is 5.33. The van der Waals surface area contributed by atoms with Crippen molar-refractivity contribution >= 4 is 28.9 Å². The first-order valence-corrected chi connectivity index (χ1v) is 7.44. The van der Waals surface area contributed by atoms with Crippen LogP contribution in [0, 0.1) is 0 Å². The number of anilines is 2. The number of nitrogens with one attached hydrogen (secondary N) is 2. The number of rotatable bonds is 4. The molecule has 1 aromatic carbocycles. The molecule has 0 aliphatic rings. The Hall–Kier alpha value is -2.28. The number of halogens is 4. The van der Waals surface area contributed by atoms with Gasteiger partial charge in [0.2, 0.25) is 0 Å². The molecule has 0 aliphatic heterocycles. The number of hydrogen-bond acceptors (Lipinski definition) is 3. The second-order valence-corrected chi connectivity index (χ2v) is 5.82. The zero-order valence-electron chi connectivity index (χ0n) is 12.9. The van der Waals surface area contributed by atoms with Gasteiger partial charge in [0.15, 0.2) is 0 Å². The minimum Gasteiger partial charge on any atom is -0.354 e. The Morgan fingerprint density at radius 1 is 1.17 bits per heavy atom. The highest BCUT2D eigenvalue weighted by atomic mass is 35.5. The highest BCUT2D eigenvalue weighted by Gasteiger charge is 2.33. The predicted octanol–water partition coefficient (Wildman–Crippen LogP) is 4.64. The topological polar surface area (TPSA) is 54.0 Å². The van der Waals surface area contributed by atoms with Gasteiger partial charge in [0.05, 0.1) is 28.0 Å². The summed E-state index contributed by atoms with van der Waals surface area (Å²) in [7, 11) is 0. The van der Waals surface area contributed by atoms with Crippen molar-refractivity contribution in [3.05, 3.63) is 52.8 Å². The van der Waals surface area contributed by atoms with Crippen molar-refractivity contribution in [3.63, 3.8) is 0 Å². The van der Waals surface area contributed by atoms with Gasteiger partial charge in [-0.05, 0) is 38.1 Å². The van der Waals surface area contributed by atoms with Crippen molar-refractivity contribution in [1.29, 1.82) is 0 Å². The largest absolute Gasteiger partial charge is 0.417 e. The zero-order chi connectivity index (χ0) is 17.9. The second kappa shape index (κ2) is 7.09. The van der Waals surface area contributed by atoms with Crippen LogP contribution in [-0.4, -0.2) is 16.9 Å². The number of aromatic nitrogens is 1. The lowest BCUT2D eigenvalue weighted by molar-refractivity contribution is -0.137. The molecule has 0 fully saturated rings. The lowest BCUT2D eigenvalue weighted by Crippen LogP contribution is -2.30. The Balaban J connectivity index is 2.24. The van der Waals surface area contributed by atoms with Gasteiger partial charge in [-0.25, -0.2) is 0 Å². The standard InChI is InChI=1S/C16H15ClF3N3O/c1-9(2)22-15(24)10-5-12(8-21-7-10)23-11-3-4-14(17)13(6-11)16(18,19)20/h3-9,23H,1-2H3,(H,22,24). The molecular weight excluding hydrogens is 343 g/mol. The molecule has 2 rings (SSSR count). The van der Waals surface area contributed by atoms with Crippen LogP contribution in [0.1, 0.15) is 29.8 Å². The summed E-state index contributed by atoms with van der Waals surface area (Å²) >= 11 is 5.59. The van der Waals surface area contributed by atoms with E-state index in [2.05, 4.69) is 15.6 Å². The molecule has 0 atom stereocenters. The third-order valence-electron chi connectivity index (χ3n) is 2.98. The maximum absolute atomic E-state index is 12.9. The van der Waals surface area contributed by atoms with E-state index < -0.39 is 11.7 Å². The van der Waals surface area contributed by atoms with Crippen LogP contribution in [0.5, 0.6) is 0 Å². The first kappa shape index (κ1) is 18.1. The van der Waals surface area contributed by atoms with E-state index in [4.69, 9.17) is 11.6 Å². The fourth-order valence-electron chi connectivity index (χ4n) is 1.96. The van der Waals surface area contributed by atoms with Crippen molar-refractivity contribution in [1.82, 2.24) is 10.3 Å². The number of benzene rings is 1. The molecule has 1 amide bonds. The summed E-state index contributed by atoms with van der Waals surface area (Å²) in [5.41, 5.74) is -0.0497. The van der Waals surface area contributed by atoms with Crippen LogP contribution >= 0.6 is 11.6 Å². The summed E-state index contributed by atoms with van der Waals surface area (Å²) in [6, 6.07) is 4.95. The number of alkyl halides is 3. The molecule has 0 aliphatic carbocycles. The monoisotopic (exact) mass is 357 g/mol. The summed E-state index contributed by atoms with van der Waals surface area (Å²) < 4.78 is 38.6. The van der Waals surface area contributed by atoms with Crippen LogP contribution in [0.15, 0.2) is 36.7 Å². The van der Waals surface area contributed by atoms with Gasteiger partial charge in [-0.3, -0.25) is 9.78 Å². The van der Waals surface area contributed by atoms with Gasteiger partial charge in [0.1, 0.15) is 0 Å². The first-order chi connectivity index (χ1) is 11.2. The molecule has 1 heterocycles. The molecule has 0 saturated heterocycles. The van der Waals surface area contributed by atoms with Crippen LogP contribution in [0.2, 0.25) is 5.02 Å². The van der Waals surface area contributed by atoms with Gasteiger partial charge in [0, 0.05) is 17.9 Å². The highest BCUT2D eigenvalue weighted by Crippen LogP contribution is 2.36. The number of pyridine rings is 1.